The van der Waals surface area contributed by atoms with Crippen molar-refractivity contribution in [3.05, 3.63) is 17.7 Å². The van der Waals surface area contributed by atoms with Crippen molar-refractivity contribution in [3.63, 3.8) is 0 Å². The summed E-state index contributed by atoms with van der Waals surface area (Å²) in [6.07, 6.45) is 3.13. The fraction of sp³-hybridized carbons (Fsp3) is 0.600. The molecule has 24 heavy (non-hydrogen) atoms. The van der Waals surface area contributed by atoms with Gasteiger partial charge in [-0.25, -0.2) is 16.8 Å². The third-order valence-corrected chi connectivity index (χ3v) is 5.98. The molecule has 0 radical (unpaired) electrons. The first-order chi connectivity index (χ1) is 11.2. The average Bonchev–Trinajstić information content (AvgIpc) is 2.49. The molecule has 7 nitrogen and oxygen atoms in total. The molecule has 0 amide bonds. The Labute approximate surface area is 145 Å². The molecule has 0 heterocycles. The van der Waals surface area contributed by atoms with Crippen molar-refractivity contribution in [3.8, 4) is 5.75 Å². The zero-order valence-electron chi connectivity index (χ0n) is 14.3. The molecular formula is C15H26N2O5S2. The Kier molecular flexibility index (Phi) is 7.98. The third-order valence-electron chi connectivity index (χ3n) is 3.63. The number of phenolic OH excluding ortho intramolecular Hbond substituents is 1. The van der Waals surface area contributed by atoms with Crippen LogP contribution in [0.4, 0.5) is 5.69 Å². The van der Waals surface area contributed by atoms with Gasteiger partial charge in [0.1, 0.15) is 10.6 Å². The molecule has 0 aliphatic rings. The third kappa shape index (κ3) is 5.35. The van der Waals surface area contributed by atoms with Crippen molar-refractivity contribution in [2.24, 2.45) is 0 Å². The number of benzene rings is 1. The van der Waals surface area contributed by atoms with Crippen molar-refractivity contribution in [2.75, 3.05) is 17.8 Å². The number of unbranched alkanes of at least 4 members (excludes halogenated alkanes) is 2. The van der Waals surface area contributed by atoms with E-state index in [1.807, 2.05) is 13.8 Å². The molecule has 0 spiro atoms. The Morgan fingerprint density at radius 2 is 1.67 bits per heavy atom. The number of aryl methyl sites for hydroxylation is 1. The topological polar surface area (TPSA) is 104 Å². The Balaban J connectivity index is 3.33. The van der Waals surface area contributed by atoms with Crippen LogP contribution < -0.4 is 4.72 Å². The van der Waals surface area contributed by atoms with Gasteiger partial charge in [-0.1, -0.05) is 26.7 Å². The van der Waals surface area contributed by atoms with E-state index in [0.29, 0.717) is 31.5 Å². The lowest BCUT2D eigenvalue weighted by Gasteiger charge is -2.23. The summed E-state index contributed by atoms with van der Waals surface area (Å²) in [6, 6.07) is 2.55. The lowest BCUT2D eigenvalue weighted by Crippen LogP contribution is -2.33. The summed E-state index contributed by atoms with van der Waals surface area (Å²) in [5, 5.41) is 10.2. The summed E-state index contributed by atoms with van der Waals surface area (Å²) in [7, 11) is -6.83. The summed E-state index contributed by atoms with van der Waals surface area (Å²) in [5.41, 5.74) is 0.410. The number of nitrogens with zero attached hydrogens (tertiary/aromatic N) is 1. The molecule has 0 aliphatic heterocycles. The molecule has 0 bridgehead atoms. The van der Waals surface area contributed by atoms with Crippen molar-refractivity contribution in [2.45, 2.75) is 51.3 Å². The Morgan fingerprint density at radius 1 is 1.12 bits per heavy atom. The summed E-state index contributed by atoms with van der Waals surface area (Å²) in [6.45, 7) is 6.21. The van der Waals surface area contributed by atoms with Crippen molar-refractivity contribution in [1.82, 2.24) is 4.31 Å². The second-order valence-electron chi connectivity index (χ2n) is 5.62. The Morgan fingerprint density at radius 3 is 2.12 bits per heavy atom. The van der Waals surface area contributed by atoms with Gasteiger partial charge < -0.3 is 5.11 Å². The number of hydrogen-bond acceptors (Lipinski definition) is 5. The SMILES string of the molecule is CCCCN(CCCC)S(=O)(=O)c1cc(N[SH](=O)=O)cc(C)c1O. The van der Waals surface area contributed by atoms with Crippen LogP contribution in [-0.2, 0) is 20.9 Å². The lowest BCUT2D eigenvalue weighted by molar-refractivity contribution is 0.389. The van der Waals surface area contributed by atoms with E-state index in [2.05, 4.69) is 4.72 Å². The number of rotatable bonds is 10. The zero-order chi connectivity index (χ0) is 18.3. The second kappa shape index (κ2) is 9.24. The van der Waals surface area contributed by atoms with Gasteiger partial charge in [0.25, 0.3) is 0 Å². The Hall–Kier alpha value is -1.32. The van der Waals surface area contributed by atoms with Gasteiger partial charge in [-0.2, -0.15) is 4.31 Å². The summed E-state index contributed by atoms with van der Waals surface area (Å²) in [4.78, 5) is -0.269. The highest BCUT2D eigenvalue weighted by Crippen LogP contribution is 2.32. The largest absolute Gasteiger partial charge is 0.506 e. The molecule has 0 aliphatic carbocycles. The van der Waals surface area contributed by atoms with Crippen LogP contribution in [0, 0.1) is 6.92 Å². The molecule has 1 rings (SSSR count). The quantitative estimate of drug-likeness (QED) is 0.428. The smallest absolute Gasteiger partial charge is 0.246 e. The van der Waals surface area contributed by atoms with Gasteiger partial charge in [0.05, 0.1) is 5.69 Å². The van der Waals surface area contributed by atoms with Crippen LogP contribution in [-0.4, -0.2) is 39.3 Å². The number of hydrogen-bond donors (Lipinski definition) is 3. The van der Waals surface area contributed by atoms with Gasteiger partial charge in [-0.05, 0) is 37.5 Å². The van der Waals surface area contributed by atoms with E-state index in [0.717, 1.165) is 18.9 Å². The van der Waals surface area contributed by atoms with Crippen LogP contribution >= 0.6 is 0 Å². The van der Waals surface area contributed by atoms with E-state index >= 15 is 0 Å². The summed E-state index contributed by atoms with van der Waals surface area (Å²) in [5.74, 6) is -0.348. The molecule has 0 saturated heterocycles. The van der Waals surface area contributed by atoms with Gasteiger partial charge in [0.15, 0.2) is 0 Å². The number of phenols is 1. The monoisotopic (exact) mass is 378 g/mol. The lowest BCUT2D eigenvalue weighted by atomic mass is 10.2. The van der Waals surface area contributed by atoms with Gasteiger partial charge in [-0.15, -0.1) is 0 Å². The standard InChI is InChI=1S/C15H26N2O5S2/c1-4-6-8-17(9-7-5-2)24(21,22)14-11-13(16-23(19)20)10-12(3)15(14)18/h10-11,18,23H,4-9H2,1-3H3,(H,16,19,20). The molecule has 2 N–H and O–H groups in total. The van der Waals surface area contributed by atoms with E-state index in [1.165, 1.54) is 17.3 Å². The highest BCUT2D eigenvalue weighted by atomic mass is 32.2. The van der Waals surface area contributed by atoms with Crippen LogP contribution in [0.1, 0.15) is 45.1 Å². The fourth-order valence-corrected chi connectivity index (χ4v) is 4.31. The number of aromatic hydroxyl groups is 1. The predicted molar refractivity (Wildman–Crippen MR) is 95.4 cm³/mol. The minimum Gasteiger partial charge on any atom is -0.506 e. The second-order valence-corrected chi connectivity index (χ2v) is 8.26. The molecule has 0 atom stereocenters. The van der Waals surface area contributed by atoms with E-state index in [9.17, 15) is 21.9 Å². The minimum absolute atomic E-state index is 0.117. The van der Waals surface area contributed by atoms with E-state index < -0.39 is 20.9 Å². The highest BCUT2D eigenvalue weighted by Gasteiger charge is 2.28. The molecular weight excluding hydrogens is 352 g/mol. The Bertz CT molecular complexity index is 714. The molecule has 0 saturated carbocycles. The summed E-state index contributed by atoms with van der Waals surface area (Å²) < 4.78 is 51.1. The number of sulfonamides is 1. The van der Waals surface area contributed by atoms with Crippen LogP contribution in [0.5, 0.6) is 5.75 Å². The van der Waals surface area contributed by atoms with Crippen LogP contribution in [0.15, 0.2) is 17.0 Å². The molecule has 0 unspecified atom stereocenters. The molecule has 0 aromatic heterocycles. The van der Waals surface area contributed by atoms with Gasteiger partial charge in [0, 0.05) is 13.1 Å². The summed E-state index contributed by atoms with van der Waals surface area (Å²) >= 11 is 0. The number of thiol groups is 1. The van der Waals surface area contributed by atoms with E-state index in [4.69, 9.17) is 0 Å². The molecule has 1 aromatic carbocycles. The number of nitrogens with one attached hydrogen (secondary N) is 1. The van der Waals surface area contributed by atoms with Gasteiger partial charge >= 0.3 is 0 Å². The first-order valence-corrected chi connectivity index (χ1v) is 10.6. The van der Waals surface area contributed by atoms with Crippen molar-refractivity contribution < 1.29 is 21.9 Å². The minimum atomic E-state index is -3.91. The van der Waals surface area contributed by atoms with Crippen molar-refractivity contribution >= 4 is 26.6 Å². The van der Waals surface area contributed by atoms with Crippen LogP contribution in [0.25, 0.3) is 0 Å². The molecule has 138 valence electrons. The van der Waals surface area contributed by atoms with E-state index in [-0.39, 0.29) is 16.3 Å². The normalized spacial score (nSPS) is 12.0. The molecule has 1 aromatic rings. The van der Waals surface area contributed by atoms with Crippen LogP contribution in [0.3, 0.4) is 0 Å². The molecule has 0 fully saturated rings. The first kappa shape index (κ1) is 20.7. The maximum absolute atomic E-state index is 12.9. The van der Waals surface area contributed by atoms with E-state index in [1.54, 1.807) is 0 Å². The van der Waals surface area contributed by atoms with Crippen molar-refractivity contribution in [1.29, 1.82) is 0 Å². The maximum Gasteiger partial charge on any atom is 0.246 e. The average molecular weight is 379 g/mol. The fourth-order valence-electron chi connectivity index (χ4n) is 2.27. The predicted octanol–water partition coefficient (Wildman–Crippen LogP) is 2.23. The number of anilines is 1. The van der Waals surface area contributed by atoms with Gasteiger partial charge in [-0.3, -0.25) is 4.72 Å². The first-order valence-electron chi connectivity index (χ1n) is 7.98. The molecule has 9 heteroatoms. The zero-order valence-corrected chi connectivity index (χ0v) is 16.0. The van der Waals surface area contributed by atoms with Gasteiger partial charge in [0.2, 0.25) is 20.9 Å². The maximum atomic E-state index is 12.9. The van der Waals surface area contributed by atoms with Crippen LogP contribution in [0.2, 0.25) is 0 Å². The highest BCUT2D eigenvalue weighted by molar-refractivity contribution is 7.89.